The predicted octanol–water partition coefficient (Wildman–Crippen LogP) is 3.69. The lowest BCUT2D eigenvalue weighted by Gasteiger charge is -2.32. The number of pyridine rings is 1. The Morgan fingerprint density at radius 2 is 1.97 bits per heavy atom. The Morgan fingerprint density at radius 3 is 2.65 bits per heavy atom. The number of carbonyl (C=O) groups is 2. The van der Waals surface area contributed by atoms with Gasteiger partial charge in [-0.2, -0.15) is 5.10 Å². The summed E-state index contributed by atoms with van der Waals surface area (Å²) in [5, 5.41) is 9.77. The van der Waals surface area contributed by atoms with Gasteiger partial charge in [0.2, 0.25) is 0 Å². The number of H-pyrrole nitrogens is 1. The summed E-state index contributed by atoms with van der Waals surface area (Å²) in [6, 6.07) is 11.2. The lowest BCUT2D eigenvalue weighted by Crippen LogP contribution is -2.42. The fourth-order valence-electron chi connectivity index (χ4n) is 4.01. The quantitative estimate of drug-likeness (QED) is 0.574. The molecule has 0 saturated carbocycles. The minimum absolute atomic E-state index is 0.0883. The molecule has 0 bridgehead atoms. The van der Waals surface area contributed by atoms with Gasteiger partial charge in [-0.25, -0.2) is 9.18 Å². The molecule has 3 heterocycles. The average molecular weight is 467 g/mol. The van der Waals surface area contributed by atoms with E-state index in [1.807, 2.05) is 45.0 Å². The molecular weight excluding hydrogens is 439 g/mol. The molecule has 34 heavy (non-hydrogen) atoms. The molecule has 2 aromatic heterocycles. The minimum atomic E-state index is -0.771. The van der Waals surface area contributed by atoms with Crippen LogP contribution >= 0.6 is 0 Å². The lowest BCUT2D eigenvalue weighted by atomic mass is 10.0. The van der Waals surface area contributed by atoms with Crippen molar-refractivity contribution in [3.8, 4) is 0 Å². The Hall–Kier alpha value is -3.79. The van der Waals surface area contributed by atoms with Crippen LogP contribution in [0, 0.1) is 5.82 Å². The molecule has 0 unspecified atom stereocenters. The molecule has 0 radical (unpaired) electrons. The van der Waals surface area contributed by atoms with Crippen molar-refractivity contribution in [3.63, 3.8) is 0 Å². The molecule has 4 rings (SSSR count). The summed E-state index contributed by atoms with van der Waals surface area (Å²) < 4.78 is 19.9. The molecule has 2 N–H and O–H groups in total. The summed E-state index contributed by atoms with van der Waals surface area (Å²) in [5.41, 5.74) is 1.12. The highest BCUT2D eigenvalue weighted by atomic mass is 19.1. The van der Waals surface area contributed by atoms with E-state index in [9.17, 15) is 14.0 Å². The Kier molecular flexibility index (Phi) is 6.34. The topological polar surface area (TPSA) is 103 Å². The highest BCUT2D eigenvalue weighted by molar-refractivity contribution is 6.04. The molecule has 3 aromatic rings. The number of carbonyl (C=O) groups excluding carboxylic acids is 2. The maximum atomic E-state index is 14.0. The van der Waals surface area contributed by atoms with Gasteiger partial charge >= 0.3 is 6.09 Å². The number of aromatic nitrogens is 3. The number of nitrogens with one attached hydrogen (secondary N) is 2. The van der Waals surface area contributed by atoms with Crippen LogP contribution in [-0.4, -0.2) is 57.6 Å². The van der Waals surface area contributed by atoms with Gasteiger partial charge < -0.3 is 15.0 Å². The van der Waals surface area contributed by atoms with E-state index < -0.39 is 29.5 Å². The largest absolute Gasteiger partial charge is 0.438 e. The monoisotopic (exact) mass is 466 g/mol. The van der Waals surface area contributed by atoms with Gasteiger partial charge in [-0.3, -0.25) is 19.8 Å². The van der Waals surface area contributed by atoms with Crippen LogP contribution in [0.3, 0.4) is 0 Å². The Labute approximate surface area is 196 Å². The Balaban J connectivity index is 1.53. The van der Waals surface area contributed by atoms with Crippen LogP contribution in [-0.2, 0) is 16.8 Å². The minimum Gasteiger partial charge on any atom is -0.438 e. The number of halogens is 1. The fraction of sp³-hybridized carbons (Fsp3) is 0.333. The van der Waals surface area contributed by atoms with Crippen molar-refractivity contribution in [2.45, 2.75) is 32.0 Å². The lowest BCUT2D eigenvalue weighted by molar-refractivity contribution is 0.0244. The first-order valence-electron chi connectivity index (χ1n) is 10.9. The molecule has 2 amide bonds. The molecule has 9 nitrogen and oxygen atoms in total. The van der Waals surface area contributed by atoms with Crippen molar-refractivity contribution in [1.29, 1.82) is 0 Å². The van der Waals surface area contributed by atoms with Gasteiger partial charge in [0, 0.05) is 18.3 Å². The molecule has 178 valence electrons. The SMILES string of the molecule is CN(C)C[C@@H](OC(=O)N1Cc2c(NC(=O)c3ccccc3F)n[nH]c2C1(C)C)c1ccccn1. The van der Waals surface area contributed by atoms with Crippen LogP contribution in [0.2, 0.25) is 0 Å². The number of likely N-dealkylation sites (N-methyl/N-ethyl adjacent to an activating group) is 1. The second kappa shape index (κ2) is 9.22. The number of ether oxygens (including phenoxy) is 1. The number of nitrogens with zero attached hydrogens (tertiary/aromatic N) is 4. The molecule has 1 aliphatic rings. The number of aromatic amines is 1. The second-order valence-corrected chi connectivity index (χ2v) is 8.89. The molecule has 1 atom stereocenters. The summed E-state index contributed by atoms with van der Waals surface area (Å²) >= 11 is 0. The normalized spacial score (nSPS) is 15.2. The Bertz CT molecular complexity index is 1190. The fourth-order valence-corrected chi connectivity index (χ4v) is 4.01. The van der Waals surface area contributed by atoms with Crippen molar-refractivity contribution < 1.29 is 18.7 Å². The van der Waals surface area contributed by atoms with Crippen LogP contribution in [0.5, 0.6) is 0 Å². The zero-order valence-corrected chi connectivity index (χ0v) is 19.5. The van der Waals surface area contributed by atoms with Gasteiger partial charge in [0.1, 0.15) is 5.82 Å². The van der Waals surface area contributed by atoms with Gasteiger partial charge in [0.05, 0.1) is 29.0 Å². The van der Waals surface area contributed by atoms with Crippen LogP contribution in [0.4, 0.5) is 15.0 Å². The molecule has 1 aliphatic heterocycles. The predicted molar refractivity (Wildman–Crippen MR) is 124 cm³/mol. The van der Waals surface area contributed by atoms with Crippen LogP contribution in [0.15, 0.2) is 48.7 Å². The van der Waals surface area contributed by atoms with Crippen LogP contribution in [0.1, 0.15) is 47.3 Å². The third-order valence-electron chi connectivity index (χ3n) is 5.83. The van der Waals surface area contributed by atoms with Gasteiger partial charge in [-0.05, 0) is 52.2 Å². The van der Waals surface area contributed by atoms with Crippen molar-refractivity contribution in [2.24, 2.45) is 0 Å². The van der Waals surface area contributed by atoms with Crippen LogP contribution < -0.4 is 5.32 Å². The summed E-state index contributed by atoms with van der Waals surface area (Å²) in [5.74, 6) is -0.993. The van der Waals surface area contributed by atoms with Gasteiger partial charge in [-0.15, -0.1) is 0 Å². The number of rotatable bonds is 6. The van der Waals surface area contributed by atoms with Gasteiger partial charge in [0.25, 0.3) is 5.91 Å². The standard InChI is InChI=1S/C24H27FN6O3/c1-24(2)20-16(21(29-28-20)27-22(32)15-9-5-6-10-17(15)25)13-31(24)23(33)34-19(14-30(3)4)18-11-7-8-12-26-18/h5-12,19H,13-14H2,1-4H3,(H2,27,28,29,32)/t19-/m1/s1. The van der Waals surface area contributed by atoms with E-state index >= 15 is 0 Å². The summed E-state index contributed by atoms with van der Waals surface area (Å²) in [7, 11) is 3.79. The molecule has 0 aliphatic carbocycles. The van der Waals surface area contributed by atoms with Crippen LogP contribution in [0.25, 0.3) is 0 Å². The smallest absolute Gasteiger partial charge is 0.411 e. The highest BCUT2D eigenvalue weighted by Crippen LogP contribution is 2.41. The number of benzene rings is 1. The third-order valence-corrected chi connectivity index (χ3v) is 5.83. The summed E-state index contributed by atoms with van der Waals surface area (Å²) in [6.45, 7) is 4.36. The van der Waals surface area contributed by atoms with E-state index in [4.69, 9.17) is 4.74 Å². The first-order valence-corrected chi connectivity index (χ1v) is 10.9. The Morgan fingerprint density at radius 1 is 1.24 bits per heavy atom. The summed E-state index contributed by atoms with van der Waals surface area (Å²) in [4.78, 5) is 33.7. The molecule has 0 saturated heterocycles. The van der Waals surface area contributed by atoms with E-state index in [1.54, 1.807) is 23.2 Å². The number of anilines is 1. The van der Waals surface area contributed by atoms with Crippen molar-refractivity contribution in [2.75, 3.05) is 26.0 Å². The van der Waals surface area contributed by atoms with E-state index in [0.29, 0.717) is 23.5 Å². The number of hydrogen-bond acceptors (Lipinski definition) is 6. The maximum Gasteiger partial charge on any atom is 0.411 e. The third kappa shape index (κ3) is 4.49. The van der Waals surface area contributed by atoms with Crippen molar-refractivity contribution in [1.82, 2.24) is 25.0 Å². The van der Waals surface area contributed by atoms with E-state index in [2.05, 4.69) is 20.5 Å². The first-order chi connectivity index (χ1) is 16.2. The molecule has 10 heteroatoms. The second-order valence-electron chi connectivity index (χ2n) is 8.89. The average Bonchev–Trinajstić information content (AvgIpc) is 3.31. The zero-order chi connectivity index (χ0) is 24.5. The van der Waals surface area contributed by atoms with Crippen molar-refractivity contribution >= 4 is 17.8 Å². The maximum absolute atomic E-state index is 14.0. The molecule has 0 fully saturated rings. The van der Waals surface area contributed by atoms with E-state index in [-0.39, 0.29) is 17.9 Å². The number of fused-ring (bicyclic) bond motifs is 1. The first kappa shape index (κ1) is 23.4. The molecule has 0 spiro atoms. The highest BCUT2D eigenvalue weighted by Gasteiger charge is 2.45. The molecular formula is C24H27FN6O3. The molecule has 1 aromatic carbocycles. The van der Waals surface area contributed by atoms with E-state index in [0.717, 1.165) is 0 Å². The van der Waals surface area contributed by atoms with Crippen molar-refractivity contribution in [3.05, 3.63) is 77.0 Å². The number of amides is 2. The number of hydrogen-bond donors (Lipinski definition) is 2. The van der Waals surface area contributed by atoms with Gasteiger partial charge in [0.15, 0.2) is 11.9 Å². The van der Waals surface area contributed by atoms with Gasteiger partial charge in [-0.1, -0.05) is 18.2 Å². The zero-order valence-electron chi connectivity index (χ0n) is 19.5. The summed E-state index contributed by atoms with van der Waals surface area (Å²) in [6.07, 6.45) is 0.586. The van der Waals surface area contributed by atoms with E-state index in [1.165, 1.54) is 18.2 Å².